The molecule has 0 saturated heterocycles. The summed E-state index contributed by atoms with van der Waals surface area (Å²) in [4.78, 5) is 26.4. The largest absolute Gasteiger partial charge is 0.467 e. The van der Waals surface area contributed by atoms with Crippen LogP contribution in [0, 0.1) is 3.57 Å². The maximum absolute atomic E-state index is 13.7. The van der Waals surface area contributed by atoms with Crippen LogP contribution in [0.1, 0.15) is 28.7 Å². The third-order valence-corrected chi connectivity index (χ3v) is 7.12. The molecule has 0 heterocycles. The molecule has 0 aromatic heterocycles. The normalized spacial score (nSPS) is 11.9. The number of esters is 1. The fraction of sp³-hybridized carbons (Fsp3) is 0.161. The van der Waals surface area contributed by atoms with E-state index in [4.69, 9.17) is 4.74 Å². The quantitative estimate of drug-likeness (QED) is 0.150. The van der Waals surface area contributed by atoms with Crippen molar-refractivity contribution in [2.24, 2.45) is 0 Å². The van der Waals surface area contributed by atoms with Gasteiger partial charge in [0, 0.05) is 16.4 Å². The Hall–Kier alpha value is -3.45. The highest BCUT2D eigenvalue weighted by Gasteiger charge is 2.39. The van der Waals surface area contributed by atoms with Gasteiger partial charge in [-0.2, -0.15) is 0 Å². The summed E-state index contributed by atoms with van der Waals surface area (Å²) in [6.45, 7) is 0. The van der Waals surface area contributed by atoms with Crippen molar-refractivity contribution in [1.29, 1.82) is 0 Å². The minimum atomic E-state index is -0.789. The zero-order chi connectivity index (χ0) is 25.4. The molecule has 5 heteroatoms. The van der Waals surface area contributed by atoms with Crippen LogP contribution in [-0.4, -0.2) is 25.0 Å². The summed E-state index contributed by atoms with van der Waals surface area (Å²) >= 11 is 2.24. The second-order valence-corrected chi connectivity index (χ2v) is 9.90. The van der Waals surface area contributed by atoms with Gasteiger partial charge in [-0.3, -0.25) is 4.79 Å². The first-order valence-electron chi connectivity index (χ1n) is 11.8. The van der Waals surface area contributed by atoms with Crippen molar-refractivity contribution < 1.29 is 14.3 Å². The molecule has 0 unspecified atom stereocenters. The monoisotopic (exact) mass is 589 g/mol. The molecular formula is C31H28INO3. The maximum Gasteiger partial charge on any atom is 0.328 e. The van der Waals surface area contributed by atoms with Crippen LogP contribution in [0.15, 0.2) is 115 Å². The third kappa shape index (κ3) is 5.85. The first-order chi connectivity index (χ1) is 17.5. The zero-order valence-corrected chi connectivity index (χ0v) is 22.2. The van der Waals surface area contributed by atoms with Crippen molar-refractivity contribution in [3.63, 3.8) is 0 Å². The number of halogens is 1. The van der Waals surface area contributed by atoms with Crippen LogP contribution in [0.25, 0.3) is 0 Å². The number of carbonyl (C=O) groups is 2. The van der Waals surface area contributed by atoms with Gasteiger partial charge in [-0.15, -0.1) is 0 Å². The van der Waals surface area contributed by atoms with Gasteiger partial charge < -0.3 is 10.1 Å². The number of carbonyl (C=O) groups excluding carboxylic acids is 2. The lowest BCUT2D eigenvalue weighted by molar-refractivity contribution is -0.145. The fourth-order valence-corrected chi connectivity index (χ4v) is 5.01. The van der Waals surface area contributed by atoms with Crippen LogP contribution in [-0.2, 0) is 26.2 Å². The first-order valence-corrected chi connectivity index (χ1v) is 12.9. The topological polar surface area (TPSA) is 55.4 Å². The number of methoxy groups -OCH3 is 1. The van der Waals surface area contributed by atoms with E-state index in [-0.39, 0.29) is 12.3 Å². The summed E-state index contributed by atoms with van der Waals surface area (Å²) in [7, 11) is 1.34. The van der Waals surface area contributed by atoms with Crippen molar-refractivity contribution in [2.45, 2.75) is 24.3 Å². The van der Waals surface area contributed by atoms with E-state index in [1.807, 2.05) is 78.9 Å². The lowest BCUT2D eigenvalue weighted by Gasteiger charge is -2.36. The Morgan fingerprint density at radius 3 is 1.61 bits per heavy atom. The molecule has 36 heavy (non-hydrogen) atoms. The fourth-order valence-electron chi connectivity index (χ4n) is 4.65. The van der Waals surface area contributed by atoms with Crippen molar-refractivity contribution in [3.05, 3.63) is 141 Å². The first kappa shape index (κ1) is 25.6. The van der Waals surface area contributed by atoms with Gasteiger partial charge in [0.2, 0.25) is 5.91 Å². The molecule has 4 aromatic carbocycles. The second kappa shape index (κ2) is 12.0. The molecule has 0 spiro atoms. The summed E-state index contributed by atoms with van der Waals surface area (Å²) in [6, 6.07) is 37.3. The van der Waals surface area contributed by atoms with Gasteiger partial charge in [-0.25, -0.2) is 4.79 Å². The van der Waals surface area contributed by atoms with Crippen LogP contribution in [0.4, 0.5) is 0 Å². The van der Waals surface area contributed by atoms with Gasteiger partial charge in [-0.1, -0.05) is 103 Å². The summed E-state index contributed by atoms with van der Waals surface area (Å²) in [6.07, 6.45) is 0.482. The van der Waals surface area contributed by atoms with E-state index in [1.165, 1.54) is 7.11 Å². The van der Waals surface area contributed by atoms with Crippen molar-refractivity contribution in [2.75, 3.05) is 7.11 Å². The molecule has 4 rings (SSSR count). The SMILES string of the molecule is COC(=O)[C@@H](Cc1ccc(I)cc1)NC(=O)CC(c1ccccc1)(c1ccccc1)c1ccccc1. The summed E-state index contributed by atoms with van der Waals surface area (Å²) in [5.74, 6) is -0.695. The van der Waals surface area contributed by atoms with Crippen LogP contribution >= 0.6 is 22.6 Å². The highest BCUT2D eigenvalue weighted by Crippen LogP contribution is 2.42. The van der Waals surface area contributed by atoms with Crippen LogP contribution in [0.5, 0.6) is 0 Å². The number of hydrogen-bond donors (Lipinski definition) is 1. The lowest BCUT2D eigenvalue weighted by atomic mass is 9.67. The van der Waals surface area contributed by atoms with Gasteiger partial charge in [-0.05, 0) is 57.0 Å². The average molecular weight is 589 g/mol. The van der Waals surface area contributed by atoms with Gasteiger partial charge in [0.25, 0.3) is 0 Å². The smallest absolute Gasteiger partial charge is 0.328 e. The summed E-state index contributed by atoms with van der Waals surface area (Å²) in [5.41, 5.74) is 3.23. The Morgan fingerprint density at radius 1 is 0.750 bits per heavy atom. The Labute approximate surface area is 225 Å². The van der Waals surface area contributed by atoms with Crippen LogP contribution in [0.2, 0.25) is 0 Å². The molecule has 0 saturated carbocycles. The Kier molecular flexibility index (Phi) is 8.54. The van der Waals surface area contributed by atoms with E-state index in [0.717, 1.165) is 25.8 Å². The van der Waals surface area contributed by atoms with E-state index in [9.17, 15) is 9.59 Å². The predicted octanol–water partition coefficient (Wildman–Crippen LogP) is 5.92. The van der Waals surface area contributed by atoms with Crippen molar-refractivity contribution in [1.82, 2.24) is 5.32 Å². The van der Waals surface area contributed by atoms with E-state index in [2.05, 4.69) is 64.3 Å². The molecule has 4 aromatic rings. The number of amides is 1. The average Bonchev–Trinajstić information content (AvgIpc) is 2.93. The third-order valence-electron chi connectivity index (χ3n) is 6.40. The minimum Gasteiger partial charge on any atom is -0.467 e. The Balaban J connectivity index is 1.73. The highest BCUT2D eigenvalue weighted by molar-refractivity contribution is 14.1. The number of benzene rings is 4. The van der Waals surface area contributed by atoms with Crippen molar-refractivity contribution >= 4 is 34.5 Å². The van der Waals surface area contributed by atoms with Gasteiger partial charge >= 0.3 is 5.97 Å². The van der Waals surface area contributed by atoms with E-state index >= 15 is 0 Å². The Morgan fingerprint density at radius 2 is 1.19 bits per heavy atom. The molecule has 4 nitrogen and oxygen atoms in total. The Bertz CT molecular complexity index is 1180. The molecule has 182 valence electrons. The van der Waals surface area contributed by atoms with E-state index in [1.54, 1.807) is 0 Å². The van der Waals surface area contributed by atoms with Crippen LogP contribution in [0.3, 0.4) is 0 Å². The number of ether oxygens (including phenoxy) is 1. The molecule has 1 atom stereocenters. The molecule has 1 amide bonds. The summed E-state index contributed by atoms with van der Waals surface area (Å²) < 4.78 is 6.14. The molecule has 1 N–H and O–H groups in total. The van der Waals surface area contributed by atoms with Gasteiger partial charge in [0.15, 0.2) is 0 Å². The molecule has 0 bridgehead atoms. The van der Waals surface area contributed by atoms with Gasteiger partial charge in [0.05, 0.1) is 12.5 Å². The second-order valence-electron chi connectivity index (χ2n) is 8.65. The number of rotatable bonds is 9. The maximum atomic E-state index is 13.7. The standard InChI is InChI=1S/C31H28INO3/c1-36-30(35)28(21-23-17-19-27(32)20-18-23)33-29(34)22-31(24-11-5-2-6-12-24,25-13-7-3-8-14-25)26-15-9-4-10-16-26/h2-20,28H,21-22H2,1H3,(H,33,34)/t28-/m1/s1. The molecule has 0 aliphatic heterocycles. The highest BCUT2D eigenvalue weighted by atomic mass is 127. The molecule has 0 radical (unpaired) electrons. The molecular weight excluding hydrogens is 561 g/mol. The number of hydrogen-bond acceptors (Lipinski definition) is 3. The number of nitrogens with one attached hydrogen (secondary N) is 1. The zero-order valence-electron chi connectivity index (χ0n) is 20.1. The summed E-state index contributed by atoms with van der Waals surface area (Å²) in [5, 5.41) is 2.98. The molecule has 0 aliphatic rings. The van der Waals surface area contributed by atoms with Crippen LogP contribution < -0.4 is 5.32 Å². The van der Waals surface area contributed by atoms with E-state index in [0.29, 0.717) is 6.42 Å². The molecule has 0 fully saturated rings. The van der Waals surface area contributed by atoms with Crippen molar-refractivity contribution in [3.8, 4) is 0 Å². The lowest BCUT2D eigenvalue weighted by Crippen LogP contribution is -2.46. The van der Waals surface area contributed by atoms with Gasteiger partial charge in [0.1, 0.15) is 6.04 Å². The molecule has 0 aliphatic carbocycles. The van der Waals surface area contributed by atoms with E-state index < -0.39 is 17.4 Å². The minimum absolute atomic E-state index is 0.130. The predicted molar refractivity (Wildman–Crippen MR) is 151 cm³/mol.